The van der Waals surface area contributed by atoms with E-state index in [1.165, 1.54) is 0 Å². The van der Waals surface area contributed by atoms with Gasteiger partial charge in [-0.15, -0.1) is 10.2 Å². The van der Waals surface area contributed by atoms with Crippen LogP contribution < -0.4 is 5.56 Å². The van der Waals surface area contributed by atoms with Crippen molar-refractivity contribution in [3.05, 3.63) is 64.5 Å². The van der Waals surface area contributed by atoms with Crippen LogP contribution in [-0.4, -0.2) is 49.0 Å². The lowest BCUT2D eigenvalue weighted by Gasteiger charge is -2.47. The number of hydrogen-bond acceptors (Lipinski definition) is 5. The highest BCUT2D eigenvalue weighted by Gasteiger charge is 2.45. The van der Waals surface area contributed by atoms with E-state index in [0.29, 0.717) is 19.0 Å². The number of nitrogens with zero attached hydrogens (tertiary/aromatic N) is 5. The second-order valence-electron chi connectivity index (χ2n) is 6.71. The number of carbonyl (C=O) groups excluding carboxylic acids is 1. The number of H-pyrrole nitrogens is 1. The van der Waals surface area contributed by atoms with Crippen LogP contribution in [0.1, 0.15) is 24.4 Å². The molecule has 4 rings (SSSR count). The molecule has 0 saturated carbocycles. The predicted octanol–water partition coefficient (Wildman–Crippen LogP) is 1.03. The minimum Gasteiger partial charge on any atom is -0.324 e. The molecule has 8 nitrogen and oxygen atoms in total. The quantitative estimate of drug-likeness (QED) is 0.693. The fourth-order valence-corrected chi connectivity index (χ4v) is 3.54. The summed E-state index contributed by atoms with van der Waals surface area (Å²) in [5.41, 5.74) is 1.14. The van der Waals surface area contributed by atoms with Gasteiger partial charge in [-0.25, -0.2) is 0 Å². The third kappa shape index (κ3) is 2.68. The van der Waals surface area contributed by atoms with E-state index < -0.39 is 0 Å². The number of rotatable bonds is 5. The number of aromatic amines is 1. The number of carbonyl (C=O) groups is 1. The summed E-state index contributed by atoms with van der Waals surface area (Å²) in [6.45, 7) is 2.93. The van der Waals surface area contributed by atoms with Gasteiger partial charge in [0.25, 0.3) is 5.56 Å². The maximum Gasteiger partial charge on any atom is 0.293 e. The summed E-state index contributed by atoms with van der Waals surface area (Å²) in [5, 5.41) is 8.04. The lowest BCUT2D eigenvalue weighted by molar-refractivity contribution is -0.159. The number of amides is 1. The van der Waals surface area contributed by atoms with Gasteiger partial charge in [-0.2, -0.15) is 0 Å². The largest absolute Gasteiger partial charge is 0.324 e. The Morgan fingerprint density at radius 1 is 1.19 bits per heavy atom. The van der Waals surface area contributed by atoms with E-state index >= 15 is 0 Å². The van der Waals surface area contributed by atoms with Crippen molar-refractivity contribution in [2.75, 3.05) is 13.7 Å². The van der Waals surface area contributed by atoms with Crippen LogP contribution in [0, 0.1) is 5.92 Å². The van der Waals surface area contributed by atoms with Crippen LogP contribution in [0.25, 0.3) is 5.65 Å². The van der Waals surface area contributed by atoms with Gasteiger partial charge in [0.05, 0.1) is 25.2 Å². The molecule has 0 radical (unpaired) electrons. The van der Waals surface area contributed by atoms with Gasteiger partial charge in [-0.05, 0) is 12.6 Å². The molecule has 0 aliphatic carbocycles. The molecular weight excluding hydrogens is 332 g/mol. The first-order valence-corrected chi connectivity index (χ1v) is 8.51. The summed E-state index contributed by atoms with van der Waals surface area (Å²) < 4.78 is 1.67. The van der Waals surface area contributed by atoms with Crippen molar-refractivity contribution in [3.63, 3.8) is 0 Å². The minimum atomic E-state index is -0.273. The molecule has 0 spiro atoms. The van der Waals surface area contributed by atoms with Gasteiger partial charge in [0.15, 0.2) is 5.82 Å². The first-order chi connectivity index (χ1) is 12.6. The molecule has 1 aliphatic heterocycles. The summed E-state index contributed by atoms with van der Waals surface area (Å²) >= 11 is 0. The summed E-state index contributed by atoms with van der Waals surface area (Å²) in [5.74, 6) is 0.789. The Balaban J connectivity index is 1.50. The molecule has 1 fully saturated rings. The van der Waals surface area contributed by atoms with Gasteiger partial charge in [0.2, 0.25) is 11.6 Å². The molecule has 1 aliphatic rings. The zero-order valence-electron chi connectivity index (χ0n) is 14.7. The highest BCUT2D eigenvalue weighted by atomic mass is 16.2. The summed E-state index contributed by atoms with van der Waals surface area (Å²) in [7, 11) is 1.92. The van der Waals surface area contributed by atoms with Crippen molar-refractivity contribution < 1.29 is 4.79 Å². The second kappa shape index (κ2) is 6.38. The zero-order chi connectivity index (χ0) is 18.3. The van der Waals surface area contributed by atoms with Crippen LogP contribution in [-0.2, 0) is 11.3 Å². The SMILES string of the molecule is CC1C(=O)N(CN(C)Cc2nnc3c(=O)[nH]ccn23)C1c1ccccc1. The molecule has 1 amide bonds. The van der Waals surface area contributed by atoms with Gasteiger partial charge >= 0.3 is 0 Å². The van der Waals surface area contributed by atoms with E-state index in [1.54, 1.807) is 16.8 Å². The number of aromatic nitrogens is 4. The topological polar surface area (TPSA) is 86.6 Å². The Bertz CT molecular complexity index is 996. The van der Waals surface area contributed by atoms with E-state index in [4.69, 9.17) is 0 Å². The predicted molar refractivity (Wildman–Crippen MR) is 95.1 cm³/mol. The van der Waals surface area contributed by atoms with E-state index in [1.807, 2.05) is 42.0 Å². The monoisotopic (exact) mass is 352 g/mol. The van der Waals surface area contributed by atoms with Gasteiger partial charge in [-0.3, -0.25) is 18.9 Å². The van der Waals surface area contributed by atoms with Crippen LogP contribution in [0.5, 0.6) is 0 Å². The maximum atomic E-state index is 12.4. The average Bonchev–Trinajstić information content (AvgIpc) is 3.06. The Hall–Kier alpha value is -3.00. The zero-order valence-corrected chi connectivity index (χ0v) is 14.7. The third-order valence-electron chi connectivity index (χ3n) is 4.84. The minimum absolute atomic E-state index is 0.0155. The van der Waals surface area contributed by atoms with Crippen molar-refractivity contribution >= 4 is 11.6 Å². The van der Waals surface area contributed by atoms with Crippen molar-refractivity contribution in [3.8, 4) is 0 Å². The van der Waals surface area contributed by atoms with E-state index in [0.717, 1.165) is 5.56 Å². The molecule has 1 N–H and O–H groups in total. The molecule has 8 heteroatoms. The maximum absolute atomic E-state index is 12.4. The normalized spacial score (nSPS) is 20.0. The lowest BCUT2D eigenvalue weighted by atomic mass is 9.84. The molecule has 2 unspecified atom stereocenters. The molecule has 134 valence electrons. The van der Waals surface area contributed by atoms with Crippen LogP contribution >= 0.6 is 0 Å². The molecule has 0 bridgehead atoms. The van der Waals surface area contributed by atoms with E-state index in [9.17, 15) is 9.59 Å². The lowest BCUT2D eigenvalue weighted by Crippen LogP contribution is -2.56. The van der Waals surface area contributed by atoms with E-state index in [-0.39, 0.29) is 29.1 Å². The summed E-state index contributed by atoms with van der Waals surface area (Å²) in [4.78, 5) is 30.6. The molecule has 1 saturated heterocycles. The Morgan fingerprint density at radius 3 is 2.73 bits per heavy atom. The van der Waals surface area contributed by atoms with Gasteiger partial charge in [-0.1, -0.05) is 37.3 Å². The Kier molecular flexibility index (Phi) is 4.04. The first kappa shape index (κ1) is 16.5. The van der Waals surface area contributed by atoms with Crippen LogP contribution in [0.2, 0.25) is 0 Å². The van der Waals surface area contributed by atoms with E-state index in [2.05, 4.69) is 27.3 Å². The van der Waals surface area contributed by atoms with Crippen molar-refractivity contribution in [2.24, 2.45) is 5.92 Å². The van der Waals surface area contributed by atoms with Crippen molar-refractivity contribution in [2.45, 2.75) is 19.5 Å². The fraction of sp³-hybridized carbons (Fsp3) is 0.333. The number of benzene rings is 1. The smallest absolute Gasteiger partial charge is 0.293 e. The molecule has 2 aromatic heterocycles. The van der Waals surface area contributed by atoms with Crippen LogP contribution in [0.4, 0.5) is 0 Å². The first-order valence-electron chi connectivity index (χ1n) is 8.51. The van der Waals surface area contributed by atoms with Crippen LogP contribution in [0.15, 0.2) is 47.5 Å². The van der Waals surface area contributed by atoms with Gasteiger partial charge in [0.1, 0.15) is 0 Å². The highest BCUT2D eigenvalue weighted by molar-refractivity contribution is 5.86. The standard InChI is InChI=1S/C18H20N6O2/c1-12-15(13-6-4-3-5-7-13)24(18(12)26)11-22(2)10-14-20-21-16-17(25)19-8-9-23(14)16/h3-9,12,15H,10-11H2,1-2H3,(H,19,25). The molecule has 1 aromatic carbocycles. The molecule has 2 atom stereocenters. The average molecular weight is 352 g/mol. The van der Waals surface area contributed by atoms with Crippen LogP contribution in [0.3, 0.4) is 0 Å². The number of likely N-dealkylation sites (tertiary alicyclic amines) is 1. The Morgan fingerprint density at radius 2 is 1.96 bits per heavy atom. The molecule has 3 heterocycles. The second-order valence-corrected chi connectivity index (χ2v) is 6.71. The highest BCUT2D eigenvalue weighted by Crippen LogP contribution is 2.39. The number of hydrogen-bond donors (Lipinski definition) is 1. The number of nitrogens with one attached hydrogen (secondary N) is 1. The fourth-order valence-electron chi connectivity index (χ4n) is 3.54. The number of fused-ring (bicyclic) bond motifs is 1. The molecule has 26 heavy (non-hydrogen) atoms. The molecule has 3 aromatic rings. The third-order valence-corrected chi connectivity index (χ3v) is 4.84. The number of β-lactam (4-membered cyclic amide) rings is 1. The van der Waals surface area contributed by atoms with Gasteiger partial charge in [0, 0.05) is 12.4 Å². The Labute approximate surface area is 150 Å². The summed E-state index contributed by atoms with van der Waals surface area (Å²) in [6, 6.07) is 10.2. The van der Waals surface area contributed by atoms with Crippen molar-refractivity contribution in [1.82, 2.24) is 29.4 Å². The van der Waals surface area contributed by atoms with Gasteiger partial charge < -0.3 is 9.88 Å². The summed E-state index contributed by atoms with van der Waals surface area (Å²) in [6.07, 6.45) is 3.29. The molecular formula is C18H20N6O2. The van der Waals surface area contributed by atoms with Crippen molar-refractivity contribution in [1.29, 1.82) is 0 Å².